The number of nitrogens with zero attached hydrogens (tertiary/aromatic N) is 1. The van der Waals surface area contributed by atoms with E-state index in [0.717, 1.165) is 54.1 Å². The summed E-state index contributed by atoms with van der Waals surface area (Å²) in [6.45, 7) is 15.2. The van der Waals surface area contributed by atoms with Crippen LogP contribution in [0.1, 0.15) is 45.4 Å². The van der Waals surface area contributed by atoms with E-state index in [4.69, 9.17) is 18.3 Å². The third-order valence-corrected chi connectivity index (χ3v) is 11.2. The molecule has 0 aliphatic heterocycles. The van der Waals surface area contributed by atoms with Crippen molar-refractivity contribution in [1.29, 1.82) is 0 Å². The molecule has 238 valence electrons. The maximum Gasteiger partial charge on any atom is 0.471 e. The van der Waals surface area contributed by atoms with E-state index in [1.54, 1.807) is 0 Å². The minimum atomic E-state index is -4.99. The predicted molar refractivity (Wildman–Crippen MR) is 162 cm³/mol. The summed E-state index contributed by atoms with van der Waals surface area (Å²) in [6, 6.07) is 0. The van der Waals surface area contributed by atoms with E-state index >= 15 is 0 Å². The van der Waals surface area contributed by atoms with Gasteiger partial charge >= 0.3 is 12.1 Å². The molecule has 2 fully saturated rings. The molecule has 0 unspecified atom stereocenters. The maximum atomic E-state index is 13.9. The maximum absolute atomic E-state index is 13.9. The number of rotatable bonds is 11. The minimum Gasteiger partial charge on any atom is -0.547 e. The molecule has 0 bridgehead atoms. The molecule has 0 aromatic carbocycles. The smallest absolute Gasteiger partial charge is 0.471 e. The van der Waals surface area contributed by atoms with Crippen LogP contribution >= 0.6 is 0 Å². The first-order valence-corrected chi connectivity index (χ1v) is 22.1. The molecule has 0 spiro atoms. The largest absolute Gasteiger partial charge is 0.547 e. The van der Waals surface area contributed by atoms with Crippen LogP contribution in [-0.2, 0) is 23.1 Å². The zero-order valence-electron chi connectivity index (χ0n) is 26.7. The molecule has 6 nitrogen and oxygen atoms in total. The van der Waals surface area contributed by atoms with Crippen LogP contribution in [0.4, 0.5) is 13.2 Å². The number of amides is 1. The lowest BCUT2D eigenvalue weighted by Gasteiger charge is -2.59. The Morgan fingerprint density at radius 2 is 1.71 bits per heavy atom. The molecule has 4 rings (SSSR count). The molecule has 42 heavy (non-hydrogen) atoms. The number of alkyl halides is 3. The first-order chi connectivity index (χ1) is 19.4. The first-order valence-electron chi connectivity index (χ1n) is 15.3. The molecule has 0 N–H and O–H groups in total. The number of carbonyl (C=O) groups excluding carboxylic acids is 1. The lowest BCUT2D eigenvalue weighted by molar-refractivity contribution is -0.194. The van der Waals surface area contributed by atoms with E-state index in [0.29, 0.717) is 18.3 Å². The molecule has 0 radical (unpaired) electrons. The Morgan fingerprint density at radius 3 is 2.33 bits per heavy atom. The first kappa shape index (κ1) is 33.3. The Bertz CT molecular complexity index is 1110. The Hall–Kier alpha value is -1.57. The highest BCUT2D eigenvalue weighted by molar-refractivity contribution is 6.70. The van der Waals surface area contributed by atoms with Crippen molar-refractivity contribution in [1.82, 2.24) is 4.90 Å². The predicted octanol–water partition coefficient (Wildman–Crippen LogP) is 7.63. The highest BCUT2D eigenvalue weighted by atomic mass is 28.4. The molecular formula is C31H50F3NO5Si2. The number of hydrogen-bond acceptors (Lipinski definition) is 5. The Morgan fingerprint density at radius 1 is 1.02 bits per heavy atom. The van der Waals surface area contributed by atoms with Crippen LogP contribution in [0.3, 0.4) is 0 Å². The van der Waals surface area contributed by atoms with Gasteiger partial charge in [0.2, 0.25) is 16.6 Å². The van der Waals surface area contributed by atoms with Crippen molar-refractivity contribution in [2.24, 2.45) is 28.6 Å². The molecule has 0 heterocycles. The summed E-state index contributed by atoms with van der Waals surface area (Å²) in [7, 11) is -2.19. The normalized spacial score (nSPS) is 31.2. The highest BCUT2D eigenvalue weighted by Gasteiger charge is 2.60. The van der Waals surface area contributed by atoms with Crippen LogP contribution in [0.2, 0.25) is 39.3 Å². The molecule has 4 aliphatic carbocycles. The fourth-order valence-corrected chi connectivity index (χ4v) is 9.76. The monoisotopic (exact) mass is 629 g/mol. The van der Waals surface area contributed by atoms with Crippen LogP contribution < -0.4 is 0 Å². The van der Waals surface area contributed by atoms with Gasteiger partial charge in [-0.05, 0) is 114 Å². The second kappa shape index (κ2) is 12.1. The summed E-state index contributed by atoms with van der Waals surface area (Å²) in [5, 5.41) is 0. The second-order valence-electron chi connectivity index (χ2n) is 14.8. The quantitative estimate of drug-likeness (QED) is 0.134. The van der Waals surface area contributed by atoms with Gasteiger partial charge in [0.25, 0.3) is 0 Å². The van der Waals surface area contributed by atoms with Crippen molar-refractivity contribution in [3.8, 4) is 0 Å². The van der Waals surface area contributed by atoms with Gasteiger partial charge < -0.3 is 23.2 Å². The van der Waals surface area contributed by atoms with E-state index in [1.165, 1.54) is 7.11 Å². The molecule has 0 aromatic heterocycles. The van der Waals surface area contributed by atoms with Gasteiger partial charge in [0.1, 0.15) is 6.73 Å². The van der Waals surface area contributed by atoms with E-state index < -0.39 is 40.9 Å². The lowest BCUT2D eigenvalue weighted by atomic mass is 9.47. The van der Waals surface area contributed by atoms with Crippen molar-refractivity contribution >= 4 is 22.5 Å². The third kappa shape index (κ3) is 7.05. The summed E-state index contributed by atoms with van der Waals surface area (Å²) in [5.74, 6) is 0.923. The van der Waals surface area contributed by atoms with Crippen molar-refractivity contribution in [2.45, 2.75) is 90.9 Å². The Balaban J connectivity index is 1.69. The number of hydrogen-bond donors (Lipinski definition) is 0. The van der Waals surface area contributed by atoms with Crippen molar-refractivity contribution in [3.05, 3.63) is 35.3 Å². The van der Waals surface area contributed by atoms with E-state index in [1.807, 2.05) is 0 Å². The van der Waals surface area contributed by atoms with Crippen LogP contribution in [0.5, 0.6) is 0 Å². The number of halogens is 3. The number of allylic oxidation sites excluding steroid dienone is 4. The molecule has 2 saturated carbocycles. The van der Waals surface area contributed by atoms with Crippen LogP contribution in [0, 0.1) is 28.6 Å². The van der Waals surface area contributed by atoms with E-state index in [2.05, 4.69) is 64.4 Å². The molecule has 5 atom stereocenters. The fraction of sp³-hybridized carbons (Fsp3) is 0.774. The molecule has 1 amide bonds. The standard InChI is InChI=1S/C31H50F3NO5Si2/c1-29-15-14-26-24(25(29)11-12-27(29)40-42(6,7)8)10-9-22-19-23(39-41(3,4)5)13-16-30(22,26)20-35(21-38-18-17-37-2)28(36)31(32,33)34/h12-13,19,24-26H,9-11,14-18,20-21H2,1-8H3/t24-,25-,26-,29-,30+/m0/s1. The zero-order chi connectivity index (χ0) is 31.1. The molecule has 11 heteroatoms. The van der Waals surface area contributed by atoms with Gasteiger partial charge in [-0.25, -0.2) is 0 Å². The average Bonchev–Trinajstić information content (AvgIpc) is 3.18. The Labute approximate surface area is 251 Å². The number of fused-ring (bicyclic) bond motifs is 5. The van der Waals surface area contributed by atoms with Gasteiger partial charge in [-0.2, -0.15) is 13.2 Å². The summed E-state index contributed by atoms with van der Waals surface area (Å²) in [4.78, 5) is 13.7. The van der Waals surface area contributed by atoms with Crippen LogP contribution in [-0.4, -0.2) is 67.2 Å². The van der Waals surface area contributed by atoms with Crippen LogP contribution in [0.15, 0.2) is 35.3 Å². The highest BCUT2D eigenvalue weighted by Crippen LogP contribution is 2.66. The Kier molecular flexibility index (Phi) is 9.59. The number of ether oxygens (including phenoxy) is 2. The van der Waals surface area contributed by atoms with Gasteiger partial charge in [-0.3, -0.25) is 4.79 Å². The average molecular weight is 630 g/mol. The number of methoxy groups -OCH3 is 1. The molecule has 4 aliphatic rings. The summed E-state index contributed by atoms with van der Waals surface area (Å²) in [5.41, 5.74) is 0.444. The van der Waals surface area contributed by atoms with E-state index in [9.17, 15) is 18.0 Å². The lowest BCUT2D eigenvalue weighted by Crippen LogP contribution is -2.57. The second-order valence-corrected chi connectivity index (χ2v) is 23.6. The molecule has 0 aromatic rings. The number of carbonyl (C=O) groups is 1. The minimum absolute atomic E-state index is 0.0306. The summed E-state index contributed by atoms with van der Waals surface area (Å²) < 4.78 is 65.2. The fourth-order valence-electron chi connectivity index (χ4n) is 7.93. The van der Waals surface area contributed by atoms with Gasteiger partial charge in [0, 0.05) is 24.5 Å². The van der Waals surface area contributed by atoms with Gasteiger partial charge in [0.15, 0.2) is 0 Å². The van der Waals surface area contributed by atoms with Gasteiger partial charge in [-0.1, -0.05) is 12.5 Å². The third-order valence-electron chi connectivity index (χ3n) is 9.55. The molecule has 0 saturated heterocycles. The summed E-state index contributed by atoms with van der Waals surface area (Å²) in [6.07, 6.45) is 6.47. The van der Waals surface area contributed by atoms with Crippen molar-refractivity contribution < 1.29 is 36.3 Å². The summed E-state index contributed by atoms with van der Waals surface area (Å²) >= 11 is 0. The van der Waals surface area contributed by atoms with E-state index in [-0.39, 0.29) is 31.1 Å². The van der Waals surface area contributed by atoms with Crippen molar-refractivity contribution in [2.75, 3.05) is 33.6 Å². The molecular weight excluding hydrogens is 580 g/mol. The zero-order valence-corrected chi connectivity index (χ0v) is 28.7. The van der Waals surface area contributed by atoms with Crippen molar-refractivity contribution in [3.63, 3.8) is 0 Å². The van der Waals surface area contributed by atoms with Gasteiger partial charge in [-0.15, -0.1) is 0 Å². The van der Waals surface area contributed by atoms with Crippen LogP contribution in [0.25, 0.3) is 0 Å². The SMILES string of the molecule is COCCOCN(C[C@]12CC=C(O[Si](C)(C)C)C=C1CC[C@@H]1[C@@H]2CC[C@]2(C)C(O[Si](C)(C)C)=CC[C@@H]12)C(=O)C(F)(F)F. The topological polar surface area (TPSA) is 57.2 Å². The van der Waals surface area contributed by atoms with Gasteiger partial charge in [0.05, 0.1) is 24.7 Å².